The van der Waals surface area contributed by atoms with E-state index in [0.29, 0.717) is 5.69 Å². The molecule has 1 aromatic rings. The van der Waals surface area contributed by atoms with Gasteiger partial charge in [-0.25, -0.2) is 0 Å². The summed E-state index contributed by atoms with van der Waals surface area (Å²) in [5.74, 6) is -0.741. The summed E-state index contributed by atoms with van der Waals surface area (Å²) in [6, 6.07) is 7.27. The molecular weight excluding hydrogens is 222 g/mol. The average molecular weight is 235 g/mol. The van der Waals surface area contributed by atoms with Crippen LogP contribution in [0, 0.1) is 17.0 Å². The van der Waals surface area contributed by atoms with E-state index in [4.69, 9.17) is 0 Å². The molecule has 0 radical (unpaired) electrons. The Morgan fingerprint density at radius 1 is 1.35 bits per heavy atom. The van der Waals surface area contributed by atoms with E-state index in [0.717, 1.165) is 11.8 Å². The van der Waals surface area contributed by atoms with Crippen molar-refractivity contribution in [2.45, 2.75) is 6.92 Å². The molecule has 0 atom stereocenters. The van der Waals surface area contributed by atoms with Gasteiger partial charge >= 0.3 is 11.6 Å². The second-order valence-electron chi connectivity index (χ2n) is 3.38. The summed E-state index contributed by atoms with van der Waals surface area (Å²) in [7, 11) is 1.34. The Morgan fingerprint density at radius 2 is 1.94 bits per heavy atom. The number of aryl methyl sites for hydroxylation is 1. The van der Waals surface area contributed by atoms with Crippen LogP contribution in [-0.4, -0.2) is 17.9 Å². The number of hydrogen-bond acceptors (Lipinski definition) is 4. The molecule has 6 nitrogen and oxygen atoms in total. The number of nitrogens with one attached hydrogen (secondary N) is 2. The summed E-state index contributed by atoms with van der Waals surface area (Å²) in [4.78, 5) is 21.0. The maximum atomic E-state index is 11.2. The standard InChI is InChI=1S/C11H13N3O3/c1-8-3-5-9(6-4-8)13-7-10(14(16)17)11(15)12-2/h3-7,13H,1-2H3,(H,12,15)/b10-7+. The van der Waals surface area contributed by atoms with Gasteiger partial charge in [-0.1, -0.05) is 17.7 Å². The van der Waals surface area contributed by atoms with Crippen molar-refractivity contribution in [3.05, 3.63) is 51.8 Å². The van der Waals surface area contributed by atoms with Crippen molar-refractivity contribution in [2.24, 2.45) is 0 Å². The zero-order valence-corrected chi connectivity index (χ0v) is 9.56. The third-order valence-electron chi connectivity index (χ3n) is 2.08. The molecule has 90 valence electrons. The van der Waals surface area contributed by atoms with Crippen LogP contribution in [0.4, 0.5) is 5.69 Å². The molecule has 1 aromatic carbocycles. The second-order valence-corrected chi connectivity index (χ2v) is 3.38. The first-order chi connectivity index (χ1) is 8.04. The van der Waals surface area contributed by atoms with Gasteiger partial charge in [-0.3, -0.25) is 14.9 Å². The lowest BCUT2D eigenvalue weighted by Crippen LogP contribution is -2.25. The van der Waals surface area contributed by atoms with E-state index >= 15 is 0 Å². The van der Waals surface area contributed by atoms with Gasteiger partial charge in [0, 0.05) is 12.7 Å². The molecule has 6 heteroatoms. The van der Waals surface area contributed by atoms with Crippen molar-refractivity contribution in [1.29, 1.82) is 0 Å². The fourth-order valence-corrected chi connectivity index (χ4v) is 1.13. The first kappa shape index (κ1) is 12.7. The van der Waals surface area contributed by atoms with Crippen LogP contribution in [0.2, 0.25) is 0 Å². The van der Waals surface area contributed by atoms with Crippen LogP contribution < -0.4 is 10.6 Å². The minimum Gasteiger partial charge on any atom is -0.356 e. The molecule has 0 saturated heterocycles. The van der Waals surface area contributed by atoms with Gasteiger partial charge < -0.3 is 10.6 Å². The average Bonchev–Trinajstić information content (AvgIpc) is 2.31. The Bertz CT molecular complexity index is 452. The molecular formula is C11H13N3O3. The van der Waals surface area contributed by atoms with Gasteiger partial charge in [0.2, 0.25) is 0 Å². The number of hydrogen-bond donors (Lipinski definition) is 2. The monoisotopic (exact) mass is 235 g/mol. The first-order valence-corrected chi connectivity index (χ1v) is 4.94. The highest BCUT2D eigenvalue weighted by molar-refractivity contribution is 5.91. The lowest BCUT2D eigenvalue weighted by molar-refractivity contribution is -0.419. The highest BCUT2D eigenvalue weighted by atomic mass is 16.6. The van der Waals surface area contributed by atoms with Crippen molar-refractivity contribution in [3.8, 4) is 0 Å². The number of nitrogens with zero attached hydrogens (tertiary/aromatic N) is 1. The van der Waals surface area contributed by atoms with E-state index in [9.17, 15) is 14.9 Å². The number of rotatable bonds is 4. The number of carbonyl (C=O) groups is 1. The minimum absolute atomic E-state index is 0.534. The fourth-order valence-electron chi connectivity index (χ4n) is 1.13. The summed E-state index contributed by atoms with van der Waals surface area (Å²) in [5.41, 5.74) is 1.23. The summed E-state index contributed by atoms with van der Waals surface area (Å²) in [6.07, 6.45) is 1.07. The third kappa shape index (κ3) is 3.60. The van der Waals surface area contributed by atoms with E-state index in [1.165, 1.54) is 7.05 Å². The number of likely N-dealkylation sites (N-methyl/N-ethyl adjacent to an activating group) is 1. The lowest BCUT2D eigenvalue weighted by atomic mass is 10.2. The molecule has 0 aromatic heterocycles. The van der Waals surface area contributed by atoms with Crippen molar-refractivity contribution >= 4 is 11.6 Å². The molecule has 0 aliphatic carbocycles. The largest absolute Gasteiger partial charge is 0.356 e. The topological polar surface area (TPSA) is 84.3 Å². The van der Waals surface area contributed by atoms with Crippen LogP contribution >= 0.6 is 0 Å². The van der Waals surface area contributed by atoms with Crippen molar-refractivity contribution in [1.82, 2.24) is 5.32 Å². The normalized spacial score (nSPS) is 10.8. The van der Waals surface area contributed by atoms with Gasteiger partial charge in [-0.2, -0.15) is 0 Å². The Hall–Kier alpha value is -2.37. The van der Waals surface area contributed by atoms with E-state index in [1.807, 2.05) is 19.1 Å². The van der Waals surface area contributed by atoms with Crippen LogP contribution in [0.3, 0.4) is 0 Å². The second kappa shape index (κ2) is 5.64. The third-order valence-corrected chi connectivity index (χ3v) is 2.08. The highest BCUT2D eigenvalue weighted by Gasteiger charge is 2.19. The summed E-state index contributed by atoms with van der Waals surface area (Å²) in [6.45, 7) is 1.94. The summed E-state index contributed by atoms with van der Waals surface area (Å²) in [5, 5.41) is 15.5. The molecule has 0 fully saturated rings. The van der Waals surface area contributed by atoms with Gasteiger partial charge in [0.1, 0.15) is 0 Å². The zero-order chi connectivity index (χ0) is 12.8. The van der Waals surface area contributed by atoms with Gasteiger partial charge in [-0.15, -0.1) is 0 Å². The molecule has 1 amide bonds. The van der Waals surface area contributed by atoms with Crippen LogP contribution in [0.25, 0.3) is 0 Å². The maximum Gasteiger partial charge on any atom is 0.349 e. The highest BCUT2D eigenvalue weighted by Crippen LogP contribution is 2.09. The van der Waals surface area contributed by atoms with E-state index in [2.05, 4.69) is 10.6 Å². The first-order valence-electron chi connectivity index (χ1n) is 4.94. The van der Waals surface area contributed by atoms with E-state index in [-0.39, 0.29) is 0 Å². The summed E-state index contributed by atoms with van der Waals surface area (Å²) >= 11 is 0. The fraction of sp³-hybridized carbons (Fsp3) is 0.182. The Kier molecular flexibility index (Phi) is 4.21. The van der Waals surface area contributed by atoms with Crippen LogP contribution in [0.5, 0.6) is 0 Å². The number of amides is 1. The van der Waals surface area contributed by atoms with Gasteiger partial charge in [0.25, 0.3) is 0 Å². The Morgan fingerprint density at radius 3 is 2.41 bits per heavy atom. The molecule has 0 spiro atoms. The minimum atomic E-state index is -0.741. The van der Waals surface area contributed by atoms with Crippen LogP contribution in [0.1, 0.15) is 5.56 Å². The van der Waals surface area contributed by atoms with Crippen molar-refractivity contribution < 1.29 is 9.72 Å². The molecule has 0 saturated carbocycles. The number of anilines is 1. The SMILES string of the molecule is CNC(=O)/C(=C\Nc1ccc(C)cc1)[N+](=O)[O-]. The van der Waals surface area contributed by atoms with Gasteiger partial charge in [0.15, 0.2) is 0 Å². The predicted octanol–water partition coefficient (Wildman–Crippen LogP) is 1.27. The van der Waals surface area contributed by atoms with Crippen LogP contribution in [-0.2, 0) is 4.79 Å². The number of benzene rings is 1. The van der Waals surface area contributed by atoms with E-state index in [1.54, 1.807) is 12.1 Å². The molecule has 0 aliphatic rings. The maximum absolute atomic E-state index is 11.2. The number of carbonyl (C=O) groups excluding carboxylic acids is 1. The smallest absolute Gasteiger partial charge is 0.349 e. The molecule has 0 aliphatic heterocycles. The Labute approximate surface area is 98.5 Å². The quantitative estimate of drug-likeness (QED) is 0.467. The van der Waals surface area contributed by atoms with Crippen molar-refractivity contribution in [3.63, 3.8) is 0 Å². The van der Waals surface area contributed by atoms with E-state index < -0.39 is 16.5 Å². The predicted molar refractivity (Wildman–Crippen MR) is 63.9 cm³/mol. The van der Waals surface area contributed by atoms with Gasteiger partial charge in [-0.05, 0) is 19.1 Å². The lowest BCUT2D eigenvalue weighted by Gasteiger charge is -2.01. The van der Waals surface area contributed by atoms with Gasteiger partial charge in [0.05, 0.1) is 11.1 Å². The molecule has 17 heavy (non-hydrogen) atoms. The van der Waals surface area contributed by atoms with Crippen molar-refractivity contribution in [2.75, 3.05) is 12.4 Å². The molecule has 0 heterocycles. The molecule has 0 unspecified atom stereocenters. The molecule has 2 N–H and O–H groups in total. The molecule has 0 bridgehead atoms. The van der Waals surface area contributed by atoms with Crippen LogP contribution in [0.15, 0.2) is 36.2 Å². The Balaban J connectivity index is 2.83. The summed E-state index contributed by atoms with van der Waals surface area (Å²) < 4.78 is 0. The number of nitro groups is 1. The zero-order valence-electron chi connectivity index (χ0n) is 9.56. The molecule has 1 rings (SSSR count).